The Bertz CT molecular complexity index is 527. The molecule has 0 radical (unpaired) electrons. The first-order chi connectivity index (χ1) is 9.76. The third-order valence-electron chi connectivity index (χ3n) is 3.31. The molecule has 0 spiro atoms. The van der Waals surface area contributed by atoms with Gasteiger partial charge in [0.05, 0.1) is 12.2 Å². The lowest BCUT2D eigenvalue weighted by molar-refractivity contribution is 0.0750. The maximum Gasteiger partial charge on any atom is 0.273 e. The Hall–Kier alpha value is -1.86. The molecule has 4 heteroatoms. The zero-order valence-corrected chi connectivity index (χ0v) is 11.8. The summed E-state index contributed by atoms with van der Waals surface area (Å²) in [5.41, 5.74) is 1.06. The van der Waals surface area contributed by atoms with E-state index in [2.05, 4.69) is 16.8 Å². The van der Waals surface area contributed by atoms with E-state index in [0.29, 0.717) is 30.1 Å². The van der Waals surface area contributed by atoms with Crippen LogP contribution in [0.4, 0.5) is 0 Å². The smallest absolute Gasteiger partial charge is 0.273 e. The lowest BCUT2D eigenvalue weighted by Gasteiger charge is -2.20. The summed E-state index contributed by atoms with van der Waals surface area (Å²) in [5, 5.41) is 8.76. The third-order valence-corrected chi connectivity index (χ3v) is 3.31. The van der Waals surface area contributed by atoms with Crippen molar-refractivity contribution in [2.24, 2.45) is 5.92 Å². The average Bonchev–Trinajstić information content (AvgIpc) is 3.29. The molecule has 1 aliphatic carbocycles. The summed E-state index contributed by atoms with van der Waals surface area (Å²) < 4.78 is 0. The van der Waals surface area contributed by atoms with Crippen LogP contribution in [0.25, 0.3) is 0 Å². The highest BCUT2D eigenvalue weighted by Crippen LogP contribution is 2.30. The molecule has 1 heterocycles. The van der Waals surface area contributed by atoms with Crippen LogP contribution in [-0.4, -0.2) is 40.6 Å². The highest BCUT2D eigenvalue weighted by molar-refractivity contribution is 5.94. The minimum Gasteiger partial charge on any atom is -0.395 e. The van der Waals surface area contributed by atoms with Gasteiger partial charge in [-0.2, -0.15) is 0 Å². The van der Waals surface area contributed by atoms with Gasteiger partial charge >= 0.3 is 0 Å². The van der Waals surface area contributed by atoms with E-state index in [9.17, 15) is 4.79 Å². The highest BCUT2D eigenvalue weighted by atomic mass is 16.2. The monoisotopic (exact) mass is 272 g/mol. The van der Waals surface area contributed by atoms with Crippen LogP contribution in [0.1, 0.15) is 42.2 Å². The number of aromatic nitrogens is 1. The SMILES string of the molecule is CCN(CC1CC1)C(=O)c1ncccc1C#CCCO. The normalized spacial score (nSPS) is 13.5. The largest absolute Gasteiger partial charge is 0.395 e. The van der Waals surface area contributed by atoms with Crippen LogP contribution < -0.4 is 0 Å². The lowest BCUT2D eigenvalue weighted by atomic mass is 10.1. The van der Waals surface area contributed by atoms with Gasteiger partial charge in [-0.3, -0.25) is 4.79 Å². The van der Waals surface area contributed by atoms with Crippen LogP contribution in [0.15, 0.2) is 18.3 Å². The van der Waals surface area contributed by atoms with Gasteiger partial charge in [-0.15, -0.1) is 0 Å². The molecule has 1 amide bonds. The second-order valence-electron chi connectivity index (χ2n) is 4.96. The number of rotatable bonds is 5. The van der Waals surface area contributed by atoms with Gasteiger partial charge in [0.25, 0.3) is 5.91 Å². The van der Waals surface area contributed by atoms with Gasteiger partial charge in [-0.1, -0.05) is 11.8 Å². The van der Waals surface area contributed by atoms with Crippen LogP contribution in [0.3, 0.4) is 0 Å². The molecular formula is C16H20N2O2. The van der Waals surface area contributed by atoms with E-state index in [-0.39, 0.29) is 12.5 Å². The summed E-state index contributed by atoms with van der Waals surface area (Å²) in [5.74, 6) is 6.38. The van der Waals surface area contributed by atoms with Crippen molar-refractivity contribution < 1.29 is 9.90 Å². The van der Waals surface area contributed by atoms with Crippen molar-refractivity contribution in [3.8, 4) is 11.8 Å². The van der Waals surface area contributed by atoms with Crippen LogP contribution >= 0.6 is 0 Å². The Morgan fingerprint density at radius 2 is 2.35 bits per heavy atom. The number of amides is 1. The number of carbonyl (C=O) groups is 1. The van der Waals surface area contributed by atoms with Crippen molar-refractivity contribution in [1.82, 2.24) is 9.88 Å². The molecule has 0 aliphatic heterocycles. The van der Waals surface area contributed by atoms with Crippen molar-refractivity contribution in [2.45, 2.75) is 26.2 Å². The van der Waals surface area contributed by atoms with Gasteiger partial charge in [0.2, 0.25) is 0 Å². The minimum absolute atomic E-state index is 0.0271. The highest BCUT2D eigenvalue weighted by Gasteiger charge is 2.27. The molecule has 1 aromatic heterocycles. The summed E-state index contributed by atoms with van der Waals surface area (Å²) in [6.45, 7) is 3.52. The zero-order chi connectivity index (χ0) is 14.4. The molecule has 0 atom stereocenters. The van der Waals surface area contributed by atoms with Crippen LogP contribution in [0.2, 0.25) is 0 Å². The van der Waals surface area contributed by atoms with Crippen molar-refractivity contribution in [2.75, 3.05) is 19.7 Å². The van der Waals surface area contributed by atoms with Gasteiger partial charge in [0.15, 0.2) is 0 Å². The Morgan fingerprint density at radius 1 is 1.55 bits per heavy atom. The van der Waals surface area contributed by atoms with Gasteiger partial charge in [-0.05, 0) is 37.8 Å². The summed E-state index contributed by atoms with van der Waals surface area (Å²) in [6.07, 6.45) is 4.46. The second kappa shape index (κ2) is 7.06. The van der Waals surface area contributed by atoms with Gasteiger partial charge in [0.1, 0.15) is 5.69 Å². The molecule has 0 saturated heterocycles. The molecule has 1 saturated carbocycles. The molecule has 20 heavy (non-hydrogen) atoms. The van der Waals surface area contributed by atoms with E-state index >= 15 is 0 Å². The van der Waals surface area contributed by atoms with E-state index in [4.69, 9.17) is 5.11 Å². The number of nitrogens with zero attached hydrogens (tertiary/aromatic N) is 2. The van der Waals surface area contributed by atoms with Gasteiger partial charge in [0, 0.05) is 25.7 Å². The molecule has 1 N–H and O–H groups in total. The molecule has 2 rings (SSSR count). The molecule has 1 fully saturated rings. The lowest BCUT2D eigenvalue weighted by Crippen LogP contribution is -2.33. The molecule has 1 aromatic rings. The summed E-state index contributed by atoms with van der Waals surface area (Å²) in [7, 11) is 0. The fraction of sp³-hybridized carbons (Fsp3) is 0.500. The van der Waals surface area contributed by atoms with Crippen LogP contribution in [0, 0.1) is 17.8 Å². The first kappa shape index (κ1) is 14.5. The van der Waals surface area contributed by atoms with E-state index < -0.39 is 0 Å². The Kier molecular flexibility index (Phi) is 5.14. The quantitative estimate of drug-likeness (QED) is 0.830. The number of aliphatic hydroxyl groups is 1. The van der Waals surface area contributed by atoms with Crippen molar-refractivity contribution in [3.05, 3.63) is 29.6 Å². The molecule has 1 aliphatic rings. The van der Waals surface area contributed by atoms with Gasteiger partial charge in [-0.25, -0.2) is 4.98 Å². The Balaban J connectivity index is 2.17. The maximum atomic E-state index is 12.5. The fourth-order valence-electron chi connectivity index (χ4n) is 2.01. The Labute approximate surface area is 119 Å². The predicted octanol–water partition coefficient (Wildman–Crippen LogP) is 1.69. The average molecular weight is 272 g/mol. The van der Waals surface area contributed by atoms with Crippen molar-refractivity contribution in [1.29, 1.82) is 0 Å². The predicted molar refractivity (Wildman–Crippen MR) is 77.1 cm³/mol. The topological polar surface area (TPSA) is 53.4 Å². The van der Waals surface area contributed by atoms with Crippen LogP contribution in [-0.2, 0) is 0 Å². The Morgan fingerprint density at radius 3 is 3.00 bits per heavy atom. The maximum absolute atomic E-state index is 12.5. The first-order valence-corrected chi connectivity index (χ1v) is 7.10. The number of pyridine rings is 1. The molecule has 4 nitrogen and oxygen atoms in total. The summed E-state index contributed by atoms with van der Waals surface area (Å²) >= 11 is 0. The second-order valence-corrected chi connectivity index (χ2v) is 4.96. The van der Waals surface area contributed by atoms with Gasteiger partial charge < -0.3 is 10.0 Å². The number of aliphatic hydroxyl groups excluding tert-OH is 1. The molecule has 106 valence electrons. The standard InChI is InChI=1S/C16H20N2O2/c1-2-18(12-13-8-9-13)16(20)15-14(6-3-4-11-19)7-5-10-17-15/h5,7,10,13,19H,2,4,8-9,11-12H2,1H3. The van der Waals surface area contributed by atoms with Crippen LogP contribution in [0.5, 0.6) is 0 Å². The third kappa shape index (κ3) is 3.82. The fourth-order valence-corrected chi connectivity index (χ4v) is 2.01. The number of hydrogen-bond acceptors (Lipinski definition) is 3. The zero-order valence-electron chi connectivity index (χ0n) is 11.8. The number of carbonyl (C=O) groups excluding carboxylic acids is 1. The summed E-state index contributed by atoms with van der Waals surface area (Å²) in [4.78, 5) is 18.6. The summed E-state index contributed by atoms with van der Waals surface area (Å²) in [6, 6.07) is 3.58. The van der Waals surface area contributed by atoms with E-state index in [0.717, 1.165) is 6.54 Å². The molecule has 0 aromatic carbocycles. The first-order valence-electron chi connectivity index (χ1n) is 7.10. The van der Waals surface area contributed by atoms with Crippen molar-refractivity contribution >= 4 is 5.91 Å². The van der Waals surface area contributed by atoms with E-state index in [1.54, 1.807) is 18.3 Å². The molecule has 0 unspecified atom stereocenters. The van der Waals surface area contributed by atoms with Crippen molar-refractivity contribution in [3.63, 3.8) is 0 Å². The minimum atomic E-state index is -0.0479. The van der Waals surface area contributed by atoms with E-state index in [1.807, 2.05) is 11.8 Å². The number of hydrogen-bond donors (Lipinski definition) is 1. The molecular weight excluding hydrogens is 252 g/mol. The molecule has 0 bridgehead atoms. The van der Waals surface area contributed by atoms with E-state index in [1.165, 1.54) is 12.8 Å².